The number of anilines is 1. The van der Waals surface area contributed by atoms with Crippen LogP contribution >= 0.6 is 0 Å². The minimum atomic E-state index is 0.141. The van der Waals surface area contributed by atoms with Crippen LogP contribution in [0.2, 0.25) is 0 Å². The normalized spacial score (nSPS) is 10.2. The molecule has 6 heteroatoms. The maximum atomic E-state index is 9.15. The van der Waals surface area contributed by atoms with Gasteiger partial charge in [-0.3, -0.25) is 4.68 Å². The summed E-state index contributed by atoms with van der Waals surface area (Å²) in [6, 6.07) is 7.90. The Bertz CT molecular complexity index is 614. The Hall–Kier alpha value is -2.39. The summed E-state index contributed by atoms with van der Waals surface area (Å²) in [7, 11) is 0. The number of rotatable bonds is 6. The van der Waals surface area contributed by atoms with Crippen molar-refractivity contribution in [3.05, 3.63) is 41.2 Å². The van der Waals surface area contributed by atoms with Gasteiger partial charge in [0, 0.05) is 13.2 Å². The van der Waals surface area contributed by atoms with Crippen molar-refractivity contribution in [1.29, 1.82) is 5.26 Å². The molecule has 0 aliphatic rings. The number of aliphatic hydroxyl groups excluding tert-OH is 1. The van der Waals surface area contributed by atoms with E-state index in [4.69, 9.17) is 10.4 Å². The molecule has 6 nitrogen and oxygen atoms in total. The van der Waals surface area contributed by atoms with E-state index < -0.39 is 0 Å². The van der Waals surface area contributed by atoms with Gasteiger partial charge in [0.1, 0.15) is 11.8 Å². The standard InChI is InChI=1S/C14H17N5O/c1-11-4-2-5-14(13(11)8-15)16-9-12-10-19(18-17-12)6-3-7-20/h2,4-5,10,16,20H,3,6-7,9H2,1H3. The molecule has 0 aliphatic heterocycles. The van der Waals surface area contributed by atoms with Crippen LogP contribution in [-0.4, -0.2) is 26.7 Å². The Morgan fingerprint density at radius 3 is 3.05 bits per heavy atom. The summed E-state index contributed by atoms with van der Waals surface area (Å²) in [6.45, 7) is 3.21. The molecule has 1 aromatic heterocycles. The number of nitrogens with one attached hydrogen (secondary N) is 1. The van der Waals surface area contributed by atoms with E-state index in [1.165, 1.54) is 0 Å². The quantitative estimate of drug-likeness (QED) is 0.830. The predicted octanol–water partition coefficient (Wildman–Crippen LogP) is 1.45. The lowest BCUT2D eigenvalue weighted by Gasteiger charge is -2.07. The molecule has 0 bridgehead atoms. The minimum absolute atomic E-state index is 0.141. The largest absolute Gasteiger partial charge is 0.396 e. The Kier molecular flexibility index (Phi) is 4.69. The van der Waals surface area contributed by atoms with Crippen molar-refractivity contribution in [2.24, 2.45) is 0 Å². The van der Waals surface area contributed by atoms with E-state index in [0.717, 1.165) is 16.9 Å². The molecule has 0 unspecified atom stereocenters. The number of nitrogens with zero attached hydrogens (tertiary/aromatic N) is 4. The molecule has 2 rings (SSSR count). The maximum absolute atomic E-state index is 9.15. The highest BCUT2D eigenvalue weighted by Crippen LogP contribution is 2.18. The summed E-state index contributed by atoms with van der Waals surface area (Å²) in [4.78, 5) is 0. The van der Waals surface area contributed by atoms with E-state index in [9.17, 15) is 0 Å². The van der Waals surface area contributed by atoms with Crippen LogP contribution in [0.3, 0.4) is 0 Å². The van der Waals surface area contributed by atoms with E-state index in [-0.39, 0.29) is 6.61 Å². The zero-order chi connectivity index (χ0) is 14.4. The lowest BCUT2D eigenvalue weighted by Crippen LogP contribution is -2.02. The SMILES string of the molecule is Cc1cccc(NCc2cn(CCCO)nn2)c1C#N. The first-order chi connectivity index (χ1) is 9.74. The van der Waals surface area contributed by atoms with E-state index in [0.29, 0.717) is 25.1 Å². The minimum Gasteiger partial charge on any atom is -0.396 e. The number of aryl methyl sites for hydroxylation is 2. The van der Waals surface area contributed by atoms with Crippen molar-refractivity contribution in [2.45, 2.75) is 26.4 Å². The molecule has 104 valence electrons. The van der Waals surface area contributed by atoms with Gasteiger partial charge >= 0.3 is 0 Å². The van der Waals surface area contributed by atoms with Crippen LogP contribution < -0.4 is 5.32 Å². The van der Waals surface area contributed by atoms with Crippen LogP contribution in [0.1, 0.15) is 23.2 Å². The van der Waals surface area contributed by atoms with Gasteiger partial charge in [0.05, 0.1) is 24.0 Å². The summed E-state index contributed by atoms with van der Waals surface area (Å²) >= 11 is 0. The van der Waals surface area contributed by atoms with E-state index in [1.54, 1.807) is 4.68 Å². The molecule has 1 heterocycles. The molecule has 2 N–H and O–H groups in total. The van der Waals surface area contributed by atoms with Crippen LogP contribution in [0.4, 0.5) is 5.69 Å². The van der Waals surface area contributed by atoms with Crippen LogP contribution in [0, 0.1) is 18.3 Å². The molecular weight excluding hydrogens is 254 g/mol. The first kappa shape index (κ1) is 14.0. The number of nitriles is 1. The molecular formula is C14H17N5O. The molecule has 1 aromatic carbocycles. The Balaban J connectivity index is 2.00. The molecule has 20 heavy (non-hydrogen) atoms. The molecule has 0 radical (unpaired) electrons. The highest BCUT2D eigenvalue weighted by Gasteiger charge is 2.06. The van der Waals surface area contributed by atoms with Gasteiger partial charge < -0.3 is 10.4 Å². The van der Waals surface area contributed by atoms with Gasteiger partial charge in [0.2, 0.25) is 0 Å². The second-order valence-electron chi connectivity index (χ2n) is 4.51. The molecule has 0 saturated carbocycles. The summed E-state index contributed by atoms with van der Waals surface area (Å²) in [5, 5.41) is 29.1. The molecule has 0 spiro atoms. The third-order valence-corrected chi connectivity index (χ3v) is 2.98. The first-order valence-corrected chi connectivity index (χ1v) is 6.48. The zero-order valence-electron chi connectivity index (χ0n) is 11.4. The molecule has 0 saturated heterocycles. The van der Waals surface area contributed by atoms with E-state index in [2.05, 4.69) is 21.7 Å². The fourth-order valence-electron chi connectivity index (χ4n) is 1.91. The Morgan fingerprint density at radius 2 is 2.30 bits per heavy atom. The second kappa shape index (κ2) is 6.68. The predicted molar refractivity (Wildman–Crippen MR) is 74.9 cm³/mol. The van der Waals surface area contributed by atoms with Gasteiger partial charge in [-0.2, -0.15) is 5.26 Å². The average molecular weight is 271 g/mol. The lowest BCUT2D eigenvalue weighted by molar-refractivity contribution is 0.276. The molecule has 0 fully saturated rings. The molecule has 2 aromatic rings. The number of hydrogen-bond donors (Lipinski definition) is 2. The van der Waals surface area contributed by atoms with Gasteiger partial charge in [-0.05, 0) is 25.0 Å². The summed E-state index contributed by atoms with van der Waals surface area (Å²) in [6.07, 6.45) is 2.50. The maximum Gasteiger partial charge on any atom is 0.102 e. The van der Waals surface area contributed by atoms with Gasteiger partial charge in [-0.15, -0.1) is 5.10 Å². The lowest BCUT2D eigenvalue weighted by atomic mass is 10.1. The number of aromatic nitrogens is 3. The van der Waals surface area contributed by atoms with Crippen LogP contribution in [0.15, 0.2) is 24.4 Å². The third kappa shape index (κ3) is 3.33. The van der Waals surface area contributed by atoms with Crippen molar-refractivity contribution in [3.63, 3.8) is 0 Å². The summed E-state index contributed by atoms with van der Waals surface area (Å²) in [5.41, 5.74) is 3.20. The van der Waals surface area contributed by atoms with E-state index >= 15 is 0 Å². The number of hydrogen-bond acceptors (Lipinski definition) is 5. The number of aliphatic hydroxyl groups is 1. The van der Waals surface area contributed by atoms with Gasteiger partial charge in [0.25, 0.3) is 0 Å². The van der Waals surface area contributed by atoms with Crippen LogP contribution in [0.25, 0.3) is 0 Å². The smallest absolute Gasteiger partial charge is 0.102 e. The Morgan fingerprint density at radius 1 is 1.45 bits per heavy atom. The highest BCUT2D eigenvalue weighted by molar-refractivity contribution is 5.60. The fraction of sp³-hybridized carbons (Fsp3) is 0.357. The van der Waals surface area contributed by atoms with Gasteiger partial charge in [-0.25, -0.2) is 0 Å². The highest BCUT2D eigenvalue weighted by atomic mass is 16.3. The fourth-order valence-corrected chi connectivity index (χ4v) is 1.91. The summed E-state index contributed by atoms with van der Waals surface area (Å²) < 4.78 is 1.70. The summed E-state index contributed by atoms with van der Waals surface area (Å²) in [5.74, 6) is 0. The topological polar surface area (TPSA) is 86.8 Å². The molecule has 0 atom stereocenters. The van der Waals surface area contributed by atoms with Crippen LogP contribution in [0.5, 0.6) is 0 Å². The first-order valence-electron chi connectivity index (χ1n) is 6.48. The van der Waals surface area contributed by atoms with Crippen molar-refractivity contribution >= 4 is 5.69 Å². The third-order valence-electron chi connectivity index (χ3n) is 2.98. The van der Waals surface area contributed by atoms with Crippen molar-refractivity contribution in [1.82, 2.24) is 15.0 Å². The molecule has 0 amide bonds. The van der Waals surface area contributed by atoms with Crippen molar-refractivity contribution in [3.8, 4) is 6.07 Å². The van der Waals surface area contributed by atoms with Gasteiger partial charge in [-0.1, -0.05) is 17.3 Å². The average Bonchev–Trinajstić information content (AvgIpc) is 2.91. The monoisotopic (exact) mass is 271 g/mol. The van der Waals surface area contributed by atoms with Crippen molar-refractivity contribution in [2.75, 3.05) is 11.9 Å². The molecule has 0 aliphatic carbocycles. The van der Waals surface area contributed by atoms with Crippen LogP contribution in [-0.2, 0) is 13.1 Å². The van der Waals surface area contributed by atoms with Crippen molar-refractivity contribution < 1.29 is 5.11 Å². The Labute approximate surface area is 117 Å². The second-order valence-corrected chi connectivity index (χ2v) is 4.51. The number of benzene rings is 1. The van der Waals surface area contributed by atoms with E-state index in [1.807, 2.05) is 31.3 Å². The van der Waals surface area contributed by atoms with Gasteiger partial charge in [0.15, 0.2) is 0 Å². The zero-order valence-corrected chi connectivity index (χ0v) is 11.4.